The number of thioether (sulfide) groups is 1. The molecule has 0 saturated heterocycles. The van der Waals surface area contributed by atoms with Crippen molar-refractivity contribution in [2.45, 2.75) is 24.1 Å². The Morgan fingerprint density at radius 3 is 2.45 bits per heavy atom. The van der Waals surface area contributed by atoms with Crippen LogP contribution >= 0.6 is 11.8 Å². The topological polar surface area (TPSA) is 63.9 Å². The van der Waals surface area contributed by atoms with E-state index in [9.17, 15) is 4.79 Å². The summed E-state index contributed by atoms with van der Waals surface area (Å²) in [5.74, 6) is 0.0471. The number of aromatic nitrogens is 4. The number of carbonyl (C=O) groups is 1. The number of benzene rings is 2. The van der Waals surface area contributed by atoms with Crippen LogP contribution in [0.25, 0.3) is 16.7 Å². The number of para-hydroxylation sites is 2. The molecule has 0 aliphatic heterocycles. The molecular weight excluding hydrogens is 382 g/mol. The number of fused-ring (bicyclic) bond motifs is 1. The normalized spacial score (nSPS) is 12.1. The quantitative estimate of drug-likeness (QED) is 0.354. The van der Waals surface area contributed by atoms with Gasteiger partial charge in [0.1, 0.15) is 11.4 Å². The van der Waals surface area contributed by atoms with Gasteiger partial charge in [-0.1, -0.05) is 48.2 Å². The highest BCUT2D eigenvalue weighted by atomic mass is 32.2. The van der Waals surface area contributed by atoms with E-state index in [1.54, 1.807) is 15.8 Å². The van der Waals surface area contributed by atoms with E-state index in [4.69, 9.17) is 0 Å². The first kappa shape index (κ1) is 19.1. The van der Waals surface area contributed by atoms with Gasteiger partial charge in [-0.15, -0.1) is 0 Å². The Bertz CT molecular complexity index is 1110. The van der Waals surface area contributed by atoms with Crippen LogP contribution in [-0.2, 0) is 4.79 Å². The molecule has 0 bridgehead atoms. The van der Waals surface area contributed by atoms with Crippen molar-refractivity contribution in [1.82, 2.24) is 19.7 Å². The first-order valence-electron chi connectivity index (χ1n) is 9.46. The highest BCUT2D eigenvalue weighted by molar-refractivity contribution is 8.00. The molecule has 0 aliphatic rings. The summed E-state index contributed by atoms with van der Waals surface area (Å²) in [7, 11) is 0. The van der Waals surface area contributed by atoms with Crippen LogP contribution in [0.3, 0.4) is 0 Å². The van der Waals surface area contributed by atoms with Gasteiger partial charge in [0, 0.05) is 12.2 Å². The number of rotatable bonds is 6. The number of amides is 1. The zero-order valence-corrected chi connectivity index (χ0v) is 17.1. The number of hydrogen-bond donors (Lipinski definition) is 0. The minimum absolute atomic E-state index is 0.0471. The number of carbonyl (C=O) groups excluding carboxylic acids is 1. The zero-order valence-electron chi connectivity index (χ0n) is 16.3. The molecule has 29 heavy (non-hydrogen) atoms. The molecule has 2 aromatic carbocycles. The molecule has 1 atom stereocenters. The summed E-state index contributed by atoms with van der Waals surface area (Å²) in [5, 5.41) is 5.77. The van der Waals surface area contributed by atoms with E-state index in [-0.39, 0.29) is 11.2 Å². The summed E-state index contributed by atoms with van der Waals surface area (Å²) in [6.45, 7) is 4.50. The zero-order chi connectivity index (χ0) is 20.2. The van der Waals surface area contributed by atoms with E-state index in [2.05, 4.69) is 15.1 Å². The van der Waals surface area contributed by atoms with Crippen molar-refractivity contribution in [3.05, 3.63) is 73.2 Å². The van der Waals surface area contributed by atoms with Gasteiger partial charge in [-0.3, -0.25) is 4.79 Å². The van der Waals surface area contributed by atoms with Crippen LogP contribution in [0.2, 0.25) is 0 Å². The van der Waals surface area contributed by atoms with Crippen molar-refractivity contribution >= 4 is 34.4 Å². The van der Waals surface area contributed by atoms with E-state index in [0.717, 1.165) is 27.4 Å². The Kier molecular flexibility index (Phi) is 5.57. The molecule has 0 saturated carbocycles. The summed E-state index contributed by atoms with van der Waals surface area (Å²) in [4.78, 5) is 23.7. The third kappa shape index (κ3) is 3.86. The van der Waals surface area contributed by atoms with Gasteiger partial charge in [0.05, 0.1) is 22.5 Å². The van der Waals surface area contributed by atoms with E-state index in [1.165, 1.54) is 18.1 Å². The third-order valence-corrected chi connectivity index (χ3v) is 5.72. The van der Waals surface area contributed by atoms with Crippen LogP contribution in [0, 0.1) is 0 Å². The minimum Gasteiger partial charge on any atom is -0.312 e. The van der Waals surface area contributed by atoms with Crippen LogP contribution in [0.1, 0.15) is 13.8 Å². The van der Waals surface area contributed by atoms with Gasteiger partial charge >= 0.3 is 0 Å². The lowest BCUT2D eigenvalue weighted by Crippen LogP contribution is -2.36. The maximum Gasteiger partial charge on any atom is 0.240 e. The largest absolute Gasteiger partial charge is 0.312 e. The lowest BCUT2D eigenvalue weighted by Gasteiger charge is -2.24. The fraction of sp³-hybridized carbons (Fsp3) is 0.182. The van der Waals surface area contributed by atoms with Gasteiger partial charge in [0.2, 0.25) is 5.91 Å². The summed E-state index contributed by atoms with van der Waals surface area (Å²) >= 11 is 1.43. The van der Waals surface area contributed by atoms with Crippen molar-refractivity contribution < 1.29 is 4.79 Å². The monoisotopic (exact) mass is 403 g/mol. The second kappa shape index (κ2) is 8.45. The van der Waals surface area contributed by atoms with Crippen molar-refractivity contribution in [3.8, 4) is 5.69 Å². The standard InChI is InChI=1S/C22H21N5OS/c1-3-26(17-10-6-4-7-11-17)22(28)16(2)29-21-19-14-25-27(20(19)23-15-24-21)18-12-8-5-9-13-18/h4-16H,3H2,1-2H3. The van der Waals surface area contributed by atoms with Gasteiger partial charge in [0.25, 0.3) is 0 Å². The molecule has 0 radical (unpaired) electrons. The van der Waals surface area contributed by atoms with Crippen molar-refractivity contribution in [3.63, 3.8) is 0 Å². The molecular formula is C22H21N5OS. The Hall–Kier alpha value is -3.19. The predicted octanol–water partition coefficient (Wildman–Crippen LogP) is 4.35. The number of anilines is 1. The van der Waals surface area contributed by atoms with Crippen molar-refractivity contribution in [2.75, 3.05) is 11.4 Å². The SMILES string of the molecule is CCN(C(=O)C(C)Sc1ncnc2c1cnn2-c1ccccc1)c1ccccc1. The number of hydrogen-bond acceptors (Lipinski definition) is 5. The Labute approximate surface area is 173 Å². The number of nitrogens with zero attached hydrogens (tertiary/aromatic N) is 5. The van der Waals surface area contributed by atoms with E-state index in [1.807, 2.05) is 74.5 Å². The highest BCUT2D eigenvalue weighted by Gasteiger charge is 2.23. The van der Waals surface area contributed by atoms with Gasteiger partial charge in [-0.05, 0) is 38.1 Å². The fourth-order valence-corrected chi connectivity index (χ4v) is 4.13. The Morgan fingerprint density at radius 2 is 1.76 bits per heavy atom. The van der Waals surface area contributed by atoms with Crippen LogP contribution in [-0.4, -0.2) is 37.5 Å². The average Bonchev–Trinajstić information content (AvgIpc) is 3.21. The molecule has 146 valence electrons. The van der Waals surface area contributed by atoms with Gasteiger partial charge < -0.3 is 4.90 Å². The average molecular weight is 404 g/mol. The maximum absolute atomic E-state index is 13.1. The molecule has 0 N–H and O–H groups in total. The van der Waals surface area contributed by atoms with E-state index < -0.39 is 0 Å². The molecule has 7 heteroatoms. The lowest BCUT2D eigenvalue weighted by atomic mass is 10.2. The first-order chi connectivity index (χ1) is 14.2. The maximum atomic E-state index is 13.1. The second-order valence-electron chi connectivity index (χ2n) is 6.49. The molecule has 6 nitrogen and oxygen atoms in total. The molecule has 1 unspecified atom stereocenters. The smallest absolute Gasteiger partial charge is 0.240 e. The minimum atomic E-state index is -0.298. The van der Waals surface area contributed by atoms with Gasteiger partial charge in [-0.2, -0.15) is 5.10 Å². The molecule has 4 rings (SSSR count). The molecule has 2 aromatic heterocycles. The molecule has 0 aliphatic carbocycles. The summed E-state index contributed by atoms with van der Waals surface area (Å²) < 4.78 is 1.79. The van der Waals surface area contributed by atoms with Gasteiger partial charge in [0.15, 0.2) is 5.65 Å². The molecule has 2 heterocycles. The summed E-state index contributed by atoms with van der Waals surface area (Å²) in [5.41, 5.74) is 2.56. The fourth-order valence-electron chi connectivity index (χ4n) is 3.19. The van der Waals surface area contributed by atoms with Crippen molar-refractivity contribution in [1.29, 1.82) is 0 Å². The lowest BCUT2D eigenvalue weighted by molar-refractivity contribution is -0.117. The Morgan fingerprint density at radius 1 is 1.07 bits per heavy atom. The summed E-state index contributed by atoms with van der Waals surface area (Å²) in [6, 6.07) is 19.6. The van der Waals surface area contributed by atoms with Crippen molar-refractivity contribution in [2.24, 2.45) is 0 Å². The predicted molar refractivity (Wildman–Crippen MR) is 116 cm³/mol. The Balaban J connectivity index is 1.61. The van der Waals surface area contributed by atoms with Crippen LogP contribution < -0.4 is 4.90 Å². The van der Waals surface area contributed by atoms with Gasteiger partial charge in [-0.25, -0.2) is 14.6 Å². The molecule has 0 fully saturated rings. The van der Waals surface area contributed by atoms with Crippen LogP contribution in [0.5, 0.6) is 0 Å². The van der Waals surface area contributed by atoms with Crippen LogP contribution in [0.15, 0.2) is 78.2 Å². The third-order valence-electron chi connectivity index (χ3n) is 4.62. The second-order valence-corrected chi connectivity index (χ2v) is 7.82. The van der Waals surface area contributed by atoms with Crippen LogP contribution in [0.4, 0.5) is 5.69 Å². The molecule has 0 spiro atoms. The molecule has 4 aromatic rings. The first-order valence-corrected chi connectivity index (χ1v) is 10.3. The molecule has 1 amide bonds. The highest BCUT2D eigenvalue weighted by Crippen LogP contribution is 2.30. The summed E-state index contributed by atoms with van der Waals surface area (Å²) in [6.07, 6.45) is 3.29. The van der Waals surface area contributed by atoms with E-state index >= 15 is 0 Å². The van der Waals surface area contributed by atoms with E-state index in [0.29, 0.717) is 6.54 Å².